The van der Waals surface area contributed by atoms with Crippen molar-refractivity contribution in [2.45, 2.75) is 43.8 Å². The number of benzene rings is 1. The molecule has 0 bridgehead atoms. The van der Waals surface area contributed by atoms with Crippen molar-refractivity contribution in [3.05, 3.63) is 24.3 Å². The quantitative estimate of drug-likeness (QED) is 0.507. The molecule has 1 aromatic carbocycles. The van der Waals surface area contributed by atoms with Crippen LogP contribution in [0, 0.1) is 0 Å². The second kappa shape index (κ2) is 10.4. The van der Waals surface area contributed by atoms with Gasteiger partial charge in [-0.05, 0) is 63.8 Å². The van der Waals surface area contributed by atoms with Crippen LogP contribution in [0.5, 0.6) is 5.75 Å². The molecule has 1 heterocycles. The molecule has 1 saturated heterocycles. The van der Waals surface area contributed by atoms with Gasteiger partial charge in [-0.25, -0.2) is 4.79 Å². The first-order valence-corrected chi connectivity index (χ1v) is 10.1. The van der Waals surface area contributed by atoms with Crippen LogP contribution >= 0.6 is 11.8 Å². The molecule has 0 radical (unpaired) electrons. The Labute approximate surface area is 159 Å². The van der Waals surface area contributed by atoms with E-state index in [2.05, 4.69) is 0 Å². The molecule has 0 N–H and O–H groups in total. The molecule has 1 fully saturated rings. The molecule has 6 nitrogen and oxygen atoms in total. The molecule has 26 heavy (non-hydrogen) atoms. The van der Waals surface area contributed by atoms with Crippen LogP contribution in [0.3, 0.4) is 0 Å². The van der Waals surface area contributed by atoms with Crippen LogP contribution in [0.1, 0.15) is 26.7 Å². The standard InChI is InChI=1S/C19H27NO5S/c1-4-23-18(21)13-20-11-5-6-16(12-20)25-19(22)14(2)24-15-7-9-17(26-3)10-8-15/h7-10,14,16H,4-6,11-13H2,1-3H3/t14-,16-/m1/s1. The summed E-state index contributed by atoms with van der Waals surface area (Å²) < 4.78 is 16.2. The number of rotatable bonds is 8. The van der Waals surface area contributed by atoms with Crippen LogP contribution in [-0.4, -0.2) is 61.5 Å². The zero-order chi connectivity index (χ0) is 18.9. The van der Waals surface area contributed by atoms with E-state index in [0.717, 1.165) is 24.3 Å². The Balaban J connectivity index is 1.80. The SMILES string of the molecule is CCOC(=O)CN1CCC[C@@H](OC(=O)[C@@H](C)Oc2ccc(SC)cc2)C1. The summed E-state index contributed by atoms with van der Waals surface area (Å²) in [6.45, 7) is 5.42. The first-order valence-electron chi connectivity index (χ1n) is 8.91. The predicted molar refractivity (Wildman–Crippen MR) is 101 cm³/mol. The molecule has 0 aromatic heterocycles. The van der Waals surface area contributed by atoms with Crippen LogP contribution in [0.4, 0.5) is 0 Å². The van der Waals surface area contributed by atoms with Crippen molar-refractivity contribution >= 4 is 23.7 Å². The Kier molecular flexibility index (Phi) is 8.25. The van der Waals surface area contributed by atoms with Gasteiger partial charge in [-0.3, -0.25) is 9.69 Å². The first-order chi connectivity index (χ1) is 12.5. The van der Waals surface area contributed by atoms with Gasteiger partial charge in [0.25, 0.3) is 0 Å². The highest BCUT2D eigenvalue weighted by Gasteiger charge is 2.27. The summed E-state index contributed by atoms with van der Waals surface area (Å²) in [6.07, 6.45) is 2.76. The van der Waals surface area contributed by atoms with E-state index in [9.17, 15) is 9.59 Å². The minimum Gasteiger partial charge on any atom is -0.479 e. The first kappa shape index (κ1) is 20.6. The second-order valence-corrected chi connectivity index (χ2v) is 7.06. The zero-order valence-electron chi connectivity index (χ0n) is 15.6. The van der Waals surface area contributed by atoms with Crippen LogP contribution in [-0.2, 0) is 19.1 Å². The third kappa shape index (κ3) is 6.53. The summed E-state index contributed by atoms with van der Waals surface area (Å²) in [5, 5.41) is 0. The van der Waals surface area contributed by atoms with E-state index in [1.165, 1.54) is 0 Å². The molecule has 0 spiro atoms. The molecule has 0 aliphatic carbocycles. The zero-order valence-corrected chi connectivity index (χ0v) is 16.4. The predicted octanol–water partition coefficient (Wildman–Crippen LogP) is 2.75. The maximum absolute atomic E-state index is 12.3. The maximum atomic E-state index is 12.3. The fourth-order valence-corrected chi connectivity index (χ4v) is 3.22. The molecule has 2 atom stereocenters. The Morgan fingerprint density at radius 2 is 2.04 bits per heavy atom. The van der Waals surface area contributed by atoms with E-state index in [-0.39, 0.29) is 24.6 Å². The number of hydrogen-bond donors (Lipinski definition) is 0. The number of carbonyl (C=O) groups excluding carboxylic acids is 2. The highest BCUT2D eigenvalue weighted by Crippen LogP contribution is 2.20. The van der Waals surface area contributed by atoms with Gasteiger partial charge < -0.3 is 14.2 Å². The average molecular weight is 381 g/mol. The number of thioether (sulfide) groups is 1. The van der Waals surface area contributed by atoms with Crippen molar-refractivity contribution in [2.75, 3.05) is 32.5 Å². The van der Waals surface area contributed by atoms with Gasteiger partial charge in [0.1, 0.15) is 11.9 Å². The normalized spacial score (nSPS) is 18.8. The number of nitrogens with zero attached hydrogens (tertiary/aromatic N) is 1. The van der Waals surface area contributed by atoms with Crippen molar-refractivity contribution in [1.29, 1.82) is 0 Å². The number of carbonyl (C=O) groups is 2. The summed E-state index contributed by atoms with van der Waals surface area (Å²) >= 11 is 1.65. The van der Waals surface area contributed by atoms with E-state index in [1.807, 2.05) is 35.4 Å². The summed E-state index contributed by atoms with van der Waals surface area (Å²) in [4.78, 5) is 27.0. The Bertz CT molecular complexity index is 592. The Hall–Kier alpha value is -1.73. The van der Waals surface area contributed by atoms with Crippen LogP contribution < -0.4 is 4.74 Å². The second-order valence-electron chi connectivity index (χ2n) is 6.18. The minimum absolute atomic E-state index is 0.226. The van der Waals surface area contributed by atoms with Crippen LogP contribution in [0.15, 0.2) is 29.2 Å². The number of esters is 2. The fourth-order valence-electron chi connectivity index (χ4n) is 2.81. The van der Waals surface area contributed by atoms with Gasteiger partial charge in [0, 0.05) is 11.4 Å². The highest BCUT2D eigenvalue weighted by molar-refractivity contribution is 7.98. The van der Waals surface area contributed by atoms with Crippen molar-refractivity contribution < 1.29 is 23.8 Å². The van der Waals surface area contributed by atoms with E-state index in [1.54, 1.807) is 25.6 Å². The molecular formula is C19H27NO5S. The monoisotopic (exact) mass is 381 g/mol. The summed E-state index contributed by atoms with van der Waals surface area (Å²) in [5.41, 5.74) is 0. The van der Waals surface area contributed by atoms with Crippen LogP contribution in [0.25, 0.3) is 0 Å². The van der Waals surface area contributed by atoms with E-state index < -0.39 is 6.10 Å². The van der Waals surface area contributed by atoms with Crippen molar-refractivity contribution in [3.63, 3.8) is 0 Å². The van der Waals surface area contributed by atoms with Gasteiger partial charge in [0.05, 0.1) is 13.2 Å². The summed E-state index contributed by atoms with van der Waals surface area (Å²) in [7, 11) is 0. The molecule has 144 valence electrons. The van der Waals surface area contributed by atoms with Gasteiger partial charge >= 0.3 is 11.9 Å². The van der Waals surface area contributed by atoms with Gasteiger partial charge in [0.2, 0.25) is 0 Å². The largest absolute Gasteiger partial charge is 0.479 e. The topological polar surface area (TPSA) is 65.1 Å². The number of piperidine rings is 1. The van der Waals surface area contributed by atoms with E-state index in [0.29, 0.717) is 18.9 Å². The lowest BCUT2D eigenvalue weighted by Gasteiger charge is -2.32. The molecule has 1 aromatic rings. The molecule has 0 amide bonds. The van der Waals surface area contributed by atoms with Gasteiger partial charge in [0.15, 0.2) is 6.10 Å². The molecule has 0 unspecified atom stereocenters. The average Bonchev–Trinajstić information content (AvgIpc) is 2.62. The molecule has 7 heteroatoms. The van der Waals surface area contributed by atoms with Gasteiger partial charge in [-0.2, -0.15) is 0 Å². The fraction of sp³-hybridized carbons (Fsp3) is 0.579. The lowest BCUT2D eigenvalue weighted by molar-refractivity contribution is -0.159. The Morgan fingerprint density at radius 1 is 1.31 bits per heavy atom. The van der Waals surface area contributed by atoms with E-state index >= 15 is 0 Å². The summed E-state index contributed by atoms with van der Waals surface area (Å²) in [5.74, 6) is 0.00614. The highest BCUT2D eigenvalue weighted by atomic mass is 32.2. The van der Waals surface area contributed by atoms with Crippen molar-refractivity contribution in [2.24, 2.45) is 0 Å². The van der Waals surface area contributed by atoms with E-state index in [4.69, 9.17) is 14.2 Å². The molecular weight excluding hydrogens is 354 g/mol. The van der Waals surface area contributed by atoms with Crippen molar-refractivity contribution in [1.82, 2.24) is 4.90 Å². The minimum atomic E-state index is -0.685. The molecule has 0 saturated carbocycles. The maximum Gasteiger partial charge on any atom is 0.347 e. The summed E-state index contributed by atoms with van der Waals surface area (Å²) in [6, 6.07) is 7.59. The third-order valence-electron chi connectivity index (χ3n) is 4.11. The Morgan fingerprint density at radius 3 is 2.69 bits per heavy atom. The smallest absolute Gasteiger partial charge is 0.347 e. The van der Waals surface area contributed by atoms with Crippen molar-refractivity contribution in [3.8, 4) is 5.75 Å². The lowest BCUT2D eigenvalue weighted by Crippen LogP contribution is -2.44. The van der Waals surface area contributed by atoms with Crippen LogP contribution in [0.2, 0.25) is 0 Å². The van der Waals surface area contributed by atoms with Gasteiger partial charge in [-0.1, -0.05) is 0 Å². The van der Waals surface area contributed by atoms with Gasteiger partial charge in [-0.15, -0.1) is 11.8 Å². The molecule has 1 aliphatic rings. The lowest BCUT2D eigenvalue weighted by atomic mass is 10.1. The molecule has 2 rings (SSSR count). The molecule has 1 aliphatic heterocycles. The third-order valence-corrected chi connectivity index (χ3v) is 4.85. The number of hydrogen-bond acceptors (Lipinski definition) is 7. The number of ether oxygens (including phenoxy) is 3. The number of likely N-dealkylation sites (tertiary alicyclic amines) is 1.